The van der Waals surface area contributed by atoms with Crippen molar-refractivity contribution in [3.05, 3.63) is 41.8 Å². The number of anilines is 1. The molecule has 5 atom stereocenters. The Kier molecular flexibility index (Phi) is 11.9. The van der Waals surface area contributed by atoms with E-state index in [0.717, 1.165) is 30.2 Å². The van der Waals surface area contributed by atoms with E-state index in [0.29, 0.717) is 46.5 Å². The highest BCUT2D eigenvalue weighted by atomic mass is 32.1. The number of likely N-dealkylation sites (tertiary alicyclic amines) is 1. The molecule has 0 unspecified atom stereocenters. The number of aromatic nitrogens is 2. The lowest BCUT2D eigenvalue weighted by Gasteiger charge is -2.37. The second-order valence-corrected chi connectivity index (χ2v) is 18.8. The lowest BCUT2D eigenvalue weighted by atomic mass is 9.86. The van der Waals surface area contributed by atoms with Crippen molar-refractivity contribution >= 4 is 51.2 Å². The molecule has 2 saturated carbocycles. The first-order chi connectivity index (χ1) is 26.8. The smallest absolute Gasteiger partial charge is 0.407 e. The number of carbonyl (C=O) groups is 4. The molecule has 3 heterocycles. The molecule has 1 aliphatic heterocycles. The minimum absolute atomic E-state index is 0.0935. The molecule has 3 aromatic rings. The van der Waals surface area contributed by atoms with E-state index in [4.69, 9.17) is 24.2 Å². The molecule has 3 fully saturated rings. The van der Waals surface area contributed by atoms with Crippen LogP contribution in [-0.2, 0) is 19.1 Å². The monoisotopic (exact) mass is 804 g/mol. The summed E-state index contributed by atoms with van der Waals surface area (Å²) in [6, 6.07) is 4.37. The number of pyridine rings is 1. The number of aliphatic carboxylic acids is 1. The number of amides is 3. The number of rotatable bonds is 14. The summed E-state index contributed by atoms with van der Waals surface area (Å²) in [5, 5.41) is 22.0. The lowest BCUT2D eigenvalue weighted by Crippen LogP contribution is -2.56. The van der Waals surface area contributed by atoms with Crippen molar-refractivity contribution in [1.82, 2.24) is 25.5 Å². The normalized spacial score (nSPS) is 22.9. The summed E-state index contributed by atoms with van der Waals surface area (Å²) in [5.41, 5.74) is 0.511. The molecule has 57 heavy (non-hydrogen) atoms. The zero-order valence-corrected chi connectivity index (χ0v) is 35.0. The Morgan fingerprint density at radius 3 is 2.42 bits per heavy atom. The average molecular weight is 805 g/mol. The highest BCUT2D eigenvalue weighted by Gasteiger charge is 2.61. The highest BCUT2D eigenvalue weighted by Crippen LogP contribution is 2.45. The van der Waals surface area contributed by atoms with E-state index in [9.17, 15) is 24.3 Å². The SMILES string of the molecule is C=C[C@@H]1C[C@]1(NC(=O)[C@@H]1C[C@@H](Oc2cc(-c3csc(NC(=O)CC(C)(C)C)n3)nc3c(C)c(OC)ccc23)CN1C[C@@H](NC(=O)OC1CCC1)C(C)(C)C)C(=O)O. The molecule has 6 rings (SSSR count). The maximum absolute atomic E-state index is 14.2. The average Bonchev–Trinajstić information content (AvgIpc) is 3.38. The van der Waals surface area contributed by atoms with Crippen molar-refractivity contribution in [2.45, 2.75) is 117 Å². The van der Waals surface area contributed by atoms with Crippen molar-refractivity contribution in [2.75, 3.05) is 25.5 Å². The number of hydrogen-bond acceptors (Lipinski definition) is 11. The lowest BCUT2D eigenvalue weighted by molar-refractivity contribution is -0.144. The van der Waals surface area contributed by atoms with E-state index >= 15 is 0 Å². The van der Waals surface area contributed by atoms with Crippen molar-refractivity contribution in [3.8, 4) is 22.9 Å². The fraction of sp³-hybridized carbons (Fsp3) is 0.571. The summed E-state index contributed by atoms with van der Waals surface area (Å²) >= 11 is 1.30. The Labute approximate surface area is 338 Å². The second-order valence-electron chi connectivity index (χ2n) is 17.9. The first kappa shape index (κ1) is 41.9. The number of methoxy groups -OCH3 is 1. The van der Waals surface area contributed by atoms with Crippen LogP contribution in [-0.4, -0.2) is 93.9 Å². The van der Waals surface area contributed by atoms with Crippen LogP contribution in [0.5, 0.6) is 11.5 Å². The number of thiazole rings is 1. The molecule has 308 valence electrons. The van der Waals surface area contributed by atoms with Gasteiger partial charge in [0.05, 0.1) is 24.4 Å². The van der Waals surface area contributed by atoms with Gasteiger partial charge in [-0.15, -0.1) is 17.9 Å². The van der Waals surface area contributed by atoms with Crippen molar-refractivity contribution in [1.29, 1.82) is 0 Å². The Morgan fingerprint density at radius 1 is 1.09 bits per heavy atom. The van der Waals surface area contributed by atoms with E-state index in [-0.39, 0.29) is 42.7 Å². The molecule has 3 amide bonds. The van der Waals surface area contributed by atoms with Crippen LogP contribution in [0.4, 0.5) is 9.93 Å². The Bertz CT molecular complexity index is 2030. The number of nitrogens with one attached hydrogen (secondary N) is 3. The van der Waals surface area contributed by atoms with E-state index in [1.165, 1.54) is 11.3 Å². The standard InChI is InChI=1S/C42H56N6O8S/c1-10-24-18-42(24,37(51)52)47-36(50)30-16-26(20-48(30)21-33(41(6,7)8)45-39(53)56-25-12-11-13-25)55-32-17-28(43-35-23(2)31(54-9)15-14-27(32)35)29-22-57-38(44-29)46-34(49)19-40(3,4)5/h10,14-15,17,22,24-26,30,33H,1,11-13,16,18-21H2,2-9H3,(H,45,53)(H,47,50)(H,51,52)(H,44,46,49)/t24-,26-,30+,33-,42-/m1/s1. The van der Waals surface area contributed by atoms with Gasteiger partial charge in [-0.1, -0.05) is 47.6 Å². The number of alkyl carbamates (subject to hydrolysis) is 1. The number of aryl methyl sites for hydroxylation is 1. The number of hydrogen-bond donors (Lipinski definition) is 4. The quantitative estimate of drug-likeness (QED) is 0.127. The highest BCUT2D eigenvalue weighted by molar-refractivity contribution is 7.14. The van der Waals surface area contributed by atoms with Gasteiger partial charge in [-0.2, -0.15) is 0 Å². The van der Waals surface area contributed by atoms with Gasteiger partial charge in [0.2, 0.25) is 11.8 Å². The fourth-order valence-electron chi connectivity index (χ4n) is 7.43. The summed E-state index contributed by atoms with van der Waals surface area (Å²) in [5.74, 6) is -0.876. The van der Waals surface area contributed by atoms with Gasteiger partial charge < -0.3 is 35.3 Å². The molecule has 0 radical (unpaired) electrons. The Morgan fingerprint density at radius 2 is 1.82 bits per heavy atom. The summed E-state index contributed by atoms with van der Waals surface area (Å²) in [7, 11) is 1.60. The van der Waals surface area contributed by atoms with E-state index in [2.05, 4.69) is 22.5 Å². The molecule has 14 nitrogen and oxygen atoms in total. The number of fused-ring (bicyclic) bond motifs is 1. The van der Waals surface area contributed by atoms with Crippen molar-refractivity contribution in [3.63, 3.8) is 0 Å². The molecule has 3 aliphatic rings. The molecule has 1 saturated heterocycles. The predicted octanol–water partition coefficient (Wildman–Crippen LogP) is 6.71. The van der Waals surface area contributed by atoms with Crippen molar-refractivity contribution in [2.24, 2.45) is 16.7 Å². The molecular weight excluding hydrogens is 749 g/mol. The van der Waals surface area contributed by atoms with Crippen LogP contribution in [0.2, 0.25) is 0 Å². The summed E-state index contributed by atoms with van der Waals surface area (Å²) in [6.45, 7) is 18.3. The van der Waals surface area contributed by atoms with Gasteiger partial charge in [0.15, 0.2) is 5.13 Å². The molecule has 0 bridgehead atoms. The third kappa shape index (κ3) is 9.52. The molecule has 2 aromatic heterocycles. The fourth-order valence-corrected chi connectivity index (χ4v) is 8.15. The molecule has 1 aromatic carbocycles. The number of carboxylic acids is 1. The largest absolute Gasteiger partial charge is 0.496 e. The Hall–Kier alpha value is -4.76. The van der Waals surface area contributed by atoms with E-state index in [1.54, 1.807) is 13.2 Å². The van der Waals surface area contributed by atoms with Crippen LogP contribution < -0.4 is 25.4 Å². The number of carbonyl (C=O) groups excluding carboxylic acids is 3. The maximum Gasteiger partial charge on any atom is 0.407 e. The van der Waals surface area contributed by atoms with Crippen LogP contribution in [0.3, 0.4) is 0 Å². The number of benzene rings is 1. The predicted molar refractivity (Wildman–Crippen MR) is 219 cm³/mol. The van der Waals surface area contributed by atoms with Gasteiger partial charge in [-0.3, -0.25) is 14.5 Å². The zero-order chi connectivity index (χ0) is 41.4. The van der Waals surface area contributed by atoms with Crippen LogP contribution >= 0.6 is 11.3 Å². The molecule has 15 heteroatoms. The summed E-state index contributed by atoms with van der Waals surface area (Å²) < 4.78 is 18.1. The minimum atomic E-state index is -1.41. The third-order valence-corrected chi connectivity index (χ3v) is 11.9. The van der Waals surface area contributed by atoms with Gasteiger partial charge in [0, 0.05) is 60.3 Å². The van der Waals surface area contributed by atoms with Crippen molar-refractivity contribution < 1.29 is 38.5 Å². The molecule has 0 spiro atoms. The second kappa shape index (κ2) is 16.2. The van der Waals surface area contributed by atoms with Gasteiger partial charge in [0.25, 0.3) is 0 Å². The summed E-state index contributed by atoms with van der Waals surface area (Å²) in [6.07, 6.45) is 4.02. The van der Waals surface area contributed by atoms with E-state index in [1.807, 2.05) is 76.9 Å². The maximum atomic E-state index is 14.2. The first-order valence-corrected chi connectivity index (χ1v) is 20.5. The van der Waals surface area contributed by atoms with Gasteiger partial charge in [0.1, 0.15) is 34.9 Å². The first-order valence-electron chi connectivity index (χ1n) is 19.6. The number of ether oxygens (including phenoxy) is 3. The summed E-state index contributed by atoms with van der Waals surface area (Å²) in [4.78, 5) is 63.9. The third-order valence-electron chi connectivity index (χ3n) is 11.1. The minimum Gasteiger partial charge on any atom is -0.496 e. The van der Waals surface area contributed by atoms with E-state index < -0.39 is 47.1 Å². The topological polar surface area (TPSA) is 181 Å². The molecular formula is C42H56N6O8S. The van der Waals surface area contributed by atoms with Crippen LogP contribution in [0.15, 0.2) is 36.2 Å². The zero-order valence-electron chi connectivity index (χ0n) is 34.2. The Balaban J connectivity index is 1.31. The van der Waals surface area contributed by atoms with Crippen LogP contribution in [0.25, 0.3) is 22.3 Å². The molecule has 4 N–H and O–H groups in total. The molecule has 2 aliphatic carbocycles. The number of nitrogens with zero attached hydrogens (tertiary/aromatic N) is 3. The van der Waals surface area contributed by atoms with Gasteiger partial charge >= 0.3 is 12.1 Å². The van der Waals surface area contributed by atoms with Crippen LogP contribution in [0.1, 0.15) is 85.6 Å². The van der Waals surface area contributed by atoms with Gasteiger partial charge in [-0.25, -0.2) is 19.6 Å². The number of carboxylic acid groups (broad SMARTS) is 1. The van der Waals surface area contributed by atoms with Crippen LogP contribution in [0, 0.1) is 23.7 Å². The van der Waals surface area contributed by atoms with Gasteiger partial charge in [-0.05, 0) is 55.6 Å².